The number of carboxylic acid groups (broad SMARTS) is 1. The Morgan fingerprint density at radius 1 is 1.05 bits per heavy atom. The third-order valence-corrected chi connectivity index (χ3v) is 7.96. The fourth-order valence-corrected chi connectivity index (χ4v) is 5.25. The molecular formula is C31H39Cl2N3O7. The molecule has 10 nitrogen and oxygen atoms in total. The van der Waals surface area contributed by atoms with Crippen LogP contribution in [0.1, 0.15) is 62.4 Å². The van der Waals surface area contributed by atoms with E-state index in [0.29, 0.717) is 42.8 Å². The number of rotatable bonds is 11. The number of aromatic hydroxyl groups is 1. The van der Waals surface area contributed by atoms with Gasteiger partial charge in [0.15, 0.2) is 11.5 Å². The van der Waals surface area contributed by atoms with Crippen molar-refractivity contribution in [2.75, 3.05) is 32.7 Å². The van der Waals surface area contributed by atoms with E-state index in [0.717, 1.165) is 0 Å². The van der Waals surface area contributed by atoms with Crippen LogP contribution in [0, 0.1) is 11.8 Å². The van der Waals surface area contributed by atoms with Crippen molar-refractivity contribution in [2.45, 2.75) is 52.9 Å². The highest BCUT2D eigenvalue weighted by molar-refractivity contribution is 6.35. The molecule has 0 spiro atoms. The first kappa shape index (κ1) is 34.0. The highest BCUT2D eigenvalue weighted by Crippen LogP contribution is 2.32. The second kappa shape index (κ2) is 15.8. The van der Waals surface area contributed by atoms with E-state index in [1.54, 1.807) is 23.1 Å². The smallest absolute Gasteiger partial charge is 0.407 e. The molecule has 1 aliphatic rings. The highest BCUT2D eigenvalue weighted by Gasteiger charge is 2.34. The summed E-state index contributed by atoms with van der Waals surface area (Å²) in [7, 11) is 0. The number of ether oxygens (including phenoxy) is 1. The Morgan fingerprint density at radius 3 is 2.37 bits per heavy atom. The first-order chi connectivity index (χ1) is 20.4. The predicted molar refractivity (Wildman–Crippen MR) is 164 cm³/mol. The van der Waals surface area contributed by atoms with Gasteiger partial charge in [-0.15, -0.1) is 0 Å². The minimum atomic E-state index is -1.01. The van der Waals surface area contributed by atoms with Gasteiger partial charge in [0.1, 0.15) is 0 Å². The standard InChI is InChI=1S/C31H39Cl2N3O7/c1-4-14-34(30(40)36(18-10-20(2)3)28(38)22-12-16-35(17-13-22)31(41)42)15-11-21-6-5-7-26(27(21)37)43-29(39)24-19-23(32)8-9-25(24)33/h5-9,19-20,22,37H,4,10-18H2,1-3H3,(H,41,42). The van der Waals surface area contributed by atoms with Gasteiger partial charge < -0.3 is 24.7 Å². The molecule has 0 aliphatic carbocycles. The molecule has 1 aliphatic heterocycles. The summed E-state index contributed by atoms with van der Waals surface area (Å²) in [5, 5.41) is 20.6. The molecule has 2 N–H and O–H groups in total. The molecule has 0 bridgehead atoms. The van der Waals surface area contributed by atoms with Crippen LogP contribution in [0.5, 0.6) is 11.5 Å². The Bertz CT molecular complexity index is 1310. The van der Waals surface area contributed by atoms with E-state index in [-0.39, 0.29) is 66.5 Å². The van der Waals surface area contributed by atoms with Crippen LogP contribution < -0.4 is 4.74 Å². The lowest BCUT2D eigenvalue weighted by molar-refractivity contribution is -0.134. The second-order valence-electron chi connectivity index (χ2n) is 11.0. The first-order valence-electron chi connectivity index (χ1n) is 14.5. The maximum atomic E-state index is 13.8. The minimum Gasteiger partial charge on any atom is -0.504 e. The molecule has 3 rings (SSSR count). The van der Waals surface area contributed by atoms with Crippen LogP contribution in [-0.2, 0) is 11.2 Å². The normalized spacial score (nSPS) is 13.6. The zero-order valence-electron chi connectivity index (χ0n) is 24.7. The number of piperidine rings is 1. The molecular weight excluding hydrogens is 597 g/mol. The zero-order chi connectivity index (χ0) is 31.7. The van der Waals surface area contributed by atoms with Crippen LogP contribution in [0.4, 0.5) is 9.59 Å². The van der Waals surface area contributed by atoms with E-state index in [2.05, 4.69) is 0 Å². The molecule has 12 heteroatoms. The van der Waals surface area contributed by atoms with Gasteiger partial charge >= 0.3 is 18.1 Å². The Balaban J connectivity index is 1.74. The van der Waals surface area contributed by atoms with Gasteiger partial charge in [-0.3, -0.25) is 9.69 Å². The number of carbonyl (C=O) groups excluding carboxylic acids is 3. The molecule has 0 radical (unpaired) electrons. The van der Waals surface area contributed by atoms with E-state index in [1.165, 1.54) is 28.0 Å². The molecule has 1 saturated heterocycles. The van der Waals surface area contributed by atoms with Crippen molar-refractivity contribution in [2.24, 2.45) is 11.8 Å². The third-order valence-electron chi connectivity index (χ3n) is 7.39. The molecule has 2 aromatic rings. The van der Waals surface area contributed by atoms with Crippen molar-refractivity contribution in [1.29, 1.82) is 0 Å². The first-order valence-corrected chi connectivity index (χ1v) is 15.2. The van der Waals surface area contributed by atoms with Gasteiger partial charge in [0, 0.05) is 43.7 Å². The van der Waals surface area contributed by atoms with Gasteiger partial charge in [-0.25, -0.2) is 14.4 Å². The number of urea groups is 1. The van der Waals surface area contributed by atoms with Crippen molar-refractivity contribution in [3.8, 4) is 11.5 Å². The van der Waals surface area contributed by atoms with E-state index in [4.69, 9.17) is 27.9 Å². The fourth-order valence-electron chi connectivity index (χ4n) is 4.89. The number of imide groups is 1. The second-order valence-corrected chi connectivity index (χ2v) is 11.9. The van der Waals surface area contributed by atoms with Crippen LogP contribution in [0.25, 0.3) is 0 Å². The third kappa shape index (κ3) is 9.24. The van der Waals surface area contributed by atoms with Crippen molar-refractivity contribution in [3.05, 3.63) is 57.6 Å². The molecule has 0 atom stereocenters. The Hall–Kier alpha value is -3.50. The van der Waals surface area contributed by atoms with E-state index in [9.17, 15) is 29.4 Å². The maximum Gasteiger partial charge on any atom is 0.407 e. The summed E-state index contributed by atoms with van der Waals surface area (Å²) in [6.45, 7) is 7.33. The fraction of sp³-hybridized carbons (Fsp3) is 0.484. The van der Waals surface area contributed by atoms with Gasteiger partial charge in [0.05, 0.1) is 10.6 Å². The molecule has 0 unspecified atom stereocenters. The number of carbonyl (C=O) groups is 4. The number of likely N-dealkylation sites (tertiary alicyclic amines) is 1. The van der Waals surface area contributed by atoms with Gasteiger partial charge in [-0.1, -0.05) is 56.1 Å². The summed E-state index contributed by atoms with van der Waals surface area (Å²) in [6, 6.07) is 8.74. The SMILES string of the molecule is CCCN(CCc1cccc(OC(=O)c2cc(Cl)ccc2Cl)c1O)C(=O)N(CCC(C)C)C(=O)C1CCN(C(=O)O)CC1. The topological polar surface area (TPSA) is 128 Å². The highest BCUT2D eigenvalue weighted by atomic mass is 35.5. The molecule has 43 heavy (non-hydrogen) atoms. The lowest BCUT2D eigenvalue weighted by Crippen LogP contribution is -2.51. The quantitative estimate of drug-likeness (QED) is 0.211. The molecule has 1 heterocycles. The van der Waals surface area contributed by atoms with Crippen molar-refractivity contribution in [1.82, 2.24) is 14.7 Å². The summed E-state index contributed by atoms with van der Waals surface area (Å²) in [5.41, 5.74) is 0.510. The zero-order valence-corrected chi connectivity index (χ0v) is 26.2. The number of phenolic OH excluding ortho intramolecular Hbond substituents is 1. The number of hydrogen-bond donors (Lipinski definition) is 2. The minimum absolute atomic E-state index is 0.0541. The summed E-state index contributed by atoms with van der Waals surface area (Å²) >= 11 is 12.1. The maximum absolute atomic E-state index is 13.8. The van der Waals surface area contributed by atoms with Gasteiger partial charge in [-0.05, 0) is 67.9 Å². The van der Waals surface area contributed by atoms with Crippen LogP contribution in [-0.4, -0.2) is 81.6 Å². The van der Waals surface area contributed by atoms with Crippen molar-refractivity contribution < 1.29 is 34.1 Å². The average Bonchev–Trinajstić information content (AvgIpc) is 2.97. The van der Waals surface area contributed by atoms with Crippen LogP contribution >= 0.6 is 23.2 Å². The molecule has 1 fully saturated rings. The predicted octanol–water partition coefficient (Wildman–Crippen LogP) is 6.56. The number of para-hydroxylation sites is 1. The lowest BCUT2D eigenvalue weighted by atomic mass is 9.95. The Labute approximate surface area is 262 Å². The largest absolute Gasteiger partial charge is 0.504 e. The van der Waals surface area contributed by atoms with Crippen LogP contribution in [0.3, 0.4) is 0 Å². The number of benzene rings is 2. The van der Waals surface area contributed by atoms with E-state index < -0.39 is 24.0 Å². The lowest BCUT2D eigenvalue weighted by Gasteiger charge is -2.35. The number of hydrogen-bond acceptors (Lipinski definition) is 6. The molecule has 4 amide bonds. The van der Waals surface area contributed by atoms with E-state index >= 15 is 0 Å². The van der Waals surface area contributed by atoms with Gasteiger partial charge in [0.25, 0.3) is 0 Å². The summed E-state index contributed by atoms with van der Waals surface area (Å²) in [4.78, 5) is 55.6. The monoisotopic (exact) mass is 635 g/mol. The van der Waals surface area contributed by atoms with Gasteiger partial charge in [-0.2, -0.15) is 0 Å². The average molecular weight is 637 g/mol. The van der Waals surface area contributed by atoms with Crippen LogP contribution in [0.15, 0.2) is 36.4 Å². The van der Waals surface area contributed by atoms with Gasteiger partial charge in [0.2, 0.25) is 5.91 Å². The Morgan fingerprint density at radius 2 is 1.74 bits per heavy atom. The number of halogens is 2. The molecule has 2 aromatic carbocycles. The number of nitrogens with zero attached hydrogens (tertiary/aromatic N) is 3. The summed E-state index contributed by atoms with van der Waals surface area (Å²) in [6.07, 6.45) is 1.25. The summed E-state index contributed by atoms with van der Waals surface area (Å²) in [5.74, 6) is -1.53. The van der Waals surface area contributed by atoms with Crippen molar-refractivity contribution in [3.63, 3.8) is 0 Å². The number of amides is 4. The van der Waals surface area contributed by atoms with E-state index in [1.807, 2.05) is 20.8 Å². The Kier molecular flexibility index (Phi) is 12.5. The summed E-state index contributed by atoms with van der Waals surface area (Å²) < 4.78 is 5.42. The molecule has 0 saturated carbocycles. The molecule has 234 valence electrons. The number of phenols is 1. The number of esters is 1. The molecule has 0 aromatic heterocycles. The van der Waals surface area contributed by atoms with Crippen LogP contribution in [0.2, 0.25) is 10.0 Å². The van der Waals surface area contributed by atoms with Crippen molar-refractivity contribution >= 4 is 47.2 Å².